The summed E-state index contributed by atoms with van der Waals surface area (Å²) in [6, 6.07) is 2.19. The van der Waals surface area contributed by atoms with Crippen molar-refractivity contribution in [2.24, 2.45) is 5.92 Å². The molecule has 4 nitrogen and oxygen atoms in total. The molecule has 5 heteroatoms. The molecule has 19 heavy (non-hydrogen) atoms. The highest BCUT2D eigenvalue weighted by molar-refractivity contribution is 7.18. The van der Waals surface area contributed by atoms with E-state index in [4.69, 9.17) is 0 Å². The van der Waals surface area contributed by atoms with Gasteiger partial charge in [-0.15, -0.1) is 11.3 Å². The van der Waals surface area contributed by atoms with Crippen molar-refractivity contribution in [2.45, 2.75) is 27.7 Å². The molecule has 0 bridgehead atoms. The molecule has 0 aliphatic heterocycles. The number of nitrogens with one attached hydrogen (secondary N) is 1. The number of hydrogen-bond donors (Lipinski definition) is 1. The molecule has 0 radical (unpaired) electrons. The van der Waals surface area contributed by atoms with Gasteiger partial charge < -0.3 is 10.2 Å². The molecule has 0 saturated carbocycles. The first-order chi connectivity index (χ1) is 9.05. The third-order valence-corrected chi connectivity index (χ3v) is 3.93. The molecule has 0 saturated heterocycles. The minimum Gasteiger partial charge on any atom is -0.357 e. The van der Waals surface area contributed by atoms with Crippen molar-refractivity contribution in [3.8, 4) is 0 Å². The molecule has 0 aliphatic rings. The van der Waals surface area contributed by atoms with Crippen molar-refractivity contribution in [2.75, 3.05) is 30.4 Å². The van der Waals surface area contributed by atoms with E-state index < -0.39 is 0 Å². The Kier molecular flexibility index (Phi) is 4.24. The summed E-state index contributed by atoms with van der Waals surface area (Å²) in [5.41, 5.74) is 0. The summed E-state index contributed by atoms with van der Waals surface area (Å²) in [6.07, 6.45) is 0. The lowest BCUT2D eigenvalue weighted by molar-refractivity contribution is 0.616. The summed E-state index contributed by atoms with van der Waals surface area (Å²) < 4.78 is 0. The summed E-state index contributed by atoms with van der Waals surface area (Å²) >= 11 is 1.72. The zero-order valence-electron chi connectivity index (χ0n) is 12.3. The standard InChI is InChI=1S/C14H22N4S/c1-6-18(8-9(2)3)12-11-7-10(4)19-13(11)17-14(15-5)16-12/h7,9H,6,8H2,1-5H3,(H,15,16,17). The molecule has 2 heterocycles. The first-order valence-electron chi connectivity index (χ1n) is 6.76. The van der Waals surface area contributed by atoms with Crippen LogP contribution in [0.4, 0.5) is 11.8 Å². The fraction of sp³-hybridized carbons (Fsp3) is 0.571. The monoisotopic (exact) mass is 278 g/mol. The van der Waals surface area contributed by atoms with Crippen molar-refractivity contribution in [3.05, 3.63) is 10.9 Å². The summed E-state index contributed by atoms with van der Waals surface area (Å²) in [5.74, 6) is 2.36. The van der Waals surface area contributed by atoms with Crippen LogP contribution in [0.2, 0.25) is 0 Å². The van der Waals surface area contributed by atoms with Gasteiger partial charge in [0.15, 0.2) is 0 Å². The third kappa shape index (κ3) is 2.97. The Morgan fingerprint density at radius 3 is 2.68 bits per heavy atom. The van der Waals surface area contributed by atoms with Crippen LogP contribution in [-0.4, -0.2) is 30.1 Å². The fourth-order valence-electron chi connectivity index (χ4n) is 2.19. The maximum absolute atomic E-state index is 4.67. The maximum atomic E-state index is 4.67. The van der Waals surface area contributed by atoms with E-state index in [-0.39, 0.29) is 0 Å². The second kappa shape index (κ2) is 5.74. The topological polar surface area (TPSA) is 41.1 Å². The highest BCUT2D eigenvalue weighted by Crippen LogP contribution is 2.31. The van der Waals surface area contributed by atoms with Gasteiger partial charge in [-0.05, 0) is 25.8 Å². The molecule has 0 atom stereocenters. The van der Waals surface area contributed by atoms with E-state index in [0.717, 1.165) is 23.7 Å². The second-order valence-electron chi connectivity index (χ2n) is 5.13. The number of aromatic nitrogens is 2. The molecule has 2 aromatic heterocycles. The van der Waals surface area contributed by atoms with Gasteiger partial charge in [-0.25, -0.2) is 4.98 Å². The molecule has 2 aromatic rings. The van der Waals surface area contributed by atoms with Gasteiger partial charge in [-0.3, -0.25) is 0 Å². The van der Waals surface area contributed by atoms with E-state index in [0.29, 0.717) is 11.9 Å². The smallest absolute Gasteiger partial charge is 0.225 e. The third-order valence-electron chi connectivity index (χ3n) is 2.99. The Morgan fingerprint density at radius 1 is 1.37 bits per heavy atom. The van der Waals surface area contributed by atoms with Crippen LogP contribution >= 0.6 is 11.3 Å². The largest absolute Gasteiger partial charge is 0.357 e. The first-order valence-corrected chi connectivity index (χ1v) is 7.57. The number of hydrogen-bond acceptors (Lipinski definition) is 5. The molecular formula is C14H22N4S. The van der Waals surface area contributed by atoms with Crippen LogP contribution in [0.1, 0.15) is 25.6 Å². The van der Waals surface area contributed by atoms with Crippen molar-refractivity contribution < 1.29 is 0 Å². The van der Waals surface area contributed by atoms with Gasteiger partial charge in [-0.1, -0.05) is 13.8 Å². The summed E-state index contributed by atoms with van der Waals surface area (Å²) in [5, 5.41) is 4.23. The predicted octanol–water partition coefficient (Wildman–Crippen LogP) is 3.52. The average Bonchev–Trinajstić information content (AvgIpc) is 2.74. The van der Waals surface area contributed by atoms with Crippen molar-refractivity contribution >= 4 is 33.3 Å². The zero-order chi connectivity index (χ0) is 14.0. The predicted molar refractivity (Wildman–Crippen MR) is 84.4 cm³/mol. The van der Waals surface area contributed by atoms with Gasteiger partial charge in [0.2, 0.25) is 5.95 Å². The van der Waals surface area contributed by atoms with E-state index >= 15 is 0 Å². The quantitative estimate of drug-likeness (QED) is 0.908. The fourth-order valence-corrected chi connectivity index (χ4v) is 3.06. The highest BCUT2D eigenvalue weighted by atomic mass is 32.1. The number of aryl methyl sites for hydroxylation is 1. The van der Waals surface area contributed by atoms with Crippen molar-refractivity contribution in [1.82, 2.24) is 9.97 Å². The van der Waals surface area contributed by atoms with Gasteiger partial charge in [0.25, 0.3) is 0 Å². The van der Waals surface area contributed by atoms with Gasteiger partial charge in [-0.2, -0.15) is 4.98 Å². The molecule has 0 unspecified atom stereocenters. The van der Waals surface area contributed by atoms with Crippen LogP contribution in [-0.2, 0) is 0 Å². The van der Waals surface area contributed by atoms with E-state index in [1.807, 2.05) is 7.05 Å². The van der Waals surface area contributed by atoms with Crippen LogP contribution in [0.5, 0.6) is 0 Å². The van der Waals surface area contributed by atoms with E-state index in [9.17, 15) is 0 Å². The lowest BCUT2D eigenvalue weighted by Crippen LogP contribution is -2.28. The minimum absolute atomic E-state index is 0.614. The summed E-state index contributed by atoms with van der Waals surface area (Å²) in [7, 11) is 1.87. The number of fused-ring (bicyclic) bond motifs is 1. The van der Waals surface area contributed by atoms with Gasteiger partial charge in [0, 0.05) is 25.0 Å². The van der Waals surface area contributed by atoms with Crippen molar-refractivity contribution in [3.63, 3.8) is 0 Å². The number of nitrogens with zero attached hydrogens (tertiary/aromatic N) is 3. The van der Waals surface area contributed by atoms with Crippen LogP contribution in [0, 0.1) is 12.8 Å². The van der Waals surface area contributed by atoms with Crippen LogP contribution in [0.25, 0.3) is 10.2 Å². The highest BCUT2D eigenvalue weighted by Gasteiger charge is 2.16. The number of thiophene rings is 1. The lowest BCUT2D eigenvalue weighted by Gasteiger charge is -2.24. The molecule has 0 spiro atoms. The molecule has 1 N–H and O–H groups in total. The second-order valence-corrected chi connectivity index (χ2v) is 6.36. The first kappa shape index (κ1) is 14.1. The normalized spacial score (nSPS) is 11.3. The van der Waals surface area contributed by atoms with E-state index in [1.54, 1.807) is 11.3 Å². The lowest BCUT2D eigenvalue weighted by atomic mass is 10.2. The number of anilines is 2. The maximum Gasteiger partial charge on any atom is 0.225 e. The molecule has 2 rings (SSSR count). The number of rotatable bonds is 5. The van der Waals surface area contributed by atoms with Crippen LogP contribution in [0.15, 0.2) is 6.07 Å². The molecule has 0 fully saturated rings. The van der Waals surface area contributed by atoms with Gasteiger partial charge in [0.05, 0.1) is 5.39 Å². The Bertz CT molecular complexity index is 562. The van der Waals surface area contributed by atoms with E-state index in [2.05, 4.69) is 53.9 Å². The SMILES string of the molecule is CCN(CC(C)C)c1nc(NC)nc2sc(C)cc12. The molecule has 0 amide bonds. The Labute approximate surface area is 118 Å². The average molecular weight is 278 g/mol. The Hall–Kier alpha value is -1.36. The van der Waals surface area contributed by atoms with Gasteiger partial charge in [0.1, 0.15) is 10.6 Å². The molecular weight excluding hydrogens is 256 g/mol. The van der Waals surface area contributed by atoms with Crippen molar-refractivity contribution in [1.29, 1.82) is 0 Å². The molecule has 104 valence electrons. The van der Waals surface area contributed by atoms with Gasteiger partial charge >= 0.3 is 0 Å². The molecule has 0 aromatic carbocycles. The minimum atomic E-state index is 0.614. The van der Waals surface area contributed by atoms with Crippen LogP contribution < -0.4 is 10.2 Å². The summed E-state index contributed by atoms with van der Waals surface area (Å²) in [4.78, 5) is 13.9. The zero-order valence-corrected chi connectivity index (χ0v) is 13.1. The molecule has 0 aliphatic carbocycles. The summed E-state index contributed by atoms with van der Waals surface area (Å²) in [6.45, 7) is 10.7. The van der Waals surface area contributed by atoms with Crippen LogP contribution in [0.3, 0.4) is 0 Å². The Morgan fingerprint density at radius 2 is 2.11 bits per heavy atom. The van der Waals surface area contributed by atoms with E-state index in [1.165, 1.54) is 10.3 Å². The Balaban J connectivity index is 2.55.